The van der Waals surface area contributed by atoms with Crippen molar-refractivity contribution in [2.45, 2.75) is 31.8 Å². The number of aromatic nitrogens is 2. The van der Waals surface area contributed by atoms with E-state index in [-0.39, 0.29) is 0 Å². The zero-order valence-corrected chi connectivity index (χ0v) is 16.3. The van der Waals surface area contributed by atoms with Crippen LogP contribution in [0.15, 0.2) is 30.0 Å². The third-order valence-corrected chi connectivity index (χ3v) is 5.82. The number of hydrogen-bond acceptors (Lipinski definition) is 6. The lowest BCUT2D eigenvalue weighted by atomic mass is 10.0. The van der Waals surface area contributed by atoms with Crippen LogP contribution in [0.1, 0.15) is 41.5 Å². The van der Waals surface area contributed by atoms with E-state index in [4.69, 9.17) is 14.5 Å². The van der Waals surface area contributed by atoms with Crippen molar-refractivity contribution < 1.29 is 9.47 Å². The first-order valence-electron chi connectivity index (χ1n) is 10.1. The maximum Gasteiger partial charge on any atom is 0.145 e. The summed E-state index contributed by atoms with van der Waals surface area (Å²) in [4.78, 5) is 12.0. The maximum absolute atomic E-state index is 5.94. The van der Waals surface area contributed by atoms with Crippen LogP contribution in [0.25, 0.3) is 6.08 Å². The molecule has 1 atom stereocenters. The molecule has 1 aromatic heterocycles. The Kier molecular flexibility index (Phi) is 4.74. The van der Waals surface area contributed by atoms with Crippen molar-refractivity contribution in [2.75, 3.05) is 33.4 Å². The van der Waals surface area contributed by atoms with Crippen LogP contribution in [0.3, 0.4) is 0 Å². The predicted molar refractivity (Wildman–Crippen MR) is 107 cm³/mol. The second-order valence-electron chi connectivity index (χ2n) is 7.80. The molecule has 6 nitrogen and oxygen atoms in total. The van der Waals surface area contributed by atoms with Gasteiger partial charge in [-0.05, 0) is 49.2 Å². The highest BCUT2D eigenvalue weighted by Gasteiger charge is 2.24. The van der Waals surface area contributed by atoms with Crippen molar-refractivity contribution in [3.63, 3.8) is 0 Å². The van der Waals surface area contributed by atoms with Gasteiger partial charge in [-0.25, -0.2) is 9.97 Å². The number of benzene rings is 1. The number of fused-ring (bicyclic) bond motifs is 2. The van der Waals surface area contributed by atoms with E-state index in [9.17, 15) is 0 Å². The van der Waals surface area contributed by atoms with Crippen LogP contribution in [-0.2, 0) is 13.0 Å². The monoisotopic (exact) mass is 378 g/mol. The minimum atomic E-state index is 0.338. The molecule has 0 bridgehead atoms. The van der Waals surface area contributed by atoms with Gasteiger partial charge in [0, 0.05) is 49.1 Å². The summed E-state index contributed by atoms with van der Waals surface area (Å²) in [5.74, 6) is 2.75. The third kappa shape index (κ3) is 3.50. The lowest BCUT2D eigenvalue weighted by Gasteiger charge is -2.30. The van der Waals surface area contributed by atoms with Crippen molar-refractivity contribution in [3.8, 4) is 11.5 Å². The first-order chi connectivity index (χ1) is 13.8. The molecular weight excluding hydrogens is 352 g/mol. The van der Waals surface area contributed by atoms with E-state index in [0.717, 1.165) is 61.9 Å². The standard InChI is InChI=1S/C22H26N4O2/c1-27-18-4-5-21-16(10-18)9-15(14-28-21)12-26-8-6-19-17(13-26)11-24-22(25-19)20-3-2-7-23-20/h4-5,9-11,20,23H,2-3,6-8,12-14H2,1H3. The van der Waals surface area contributed by atoms with Crippen LogP contribution in [0.2, 0.25) is 0 Å². The van der Waals surface area contributed by atoms with Gasteiger partial charge in [-0.1, -0.05) is 0 Å². The molecule has 4 heterocycles. The van der Waals surface area contributed by atoms with Crippen LogP contribution >= 0.6 is 0 Å². The van der Waals surface area contributed by atoms with E-state index in [1.54, 1.807) is 7.11 Å². The molecule has 0 spiro atoms. The zero-order valence-electron chi connectivity index (χ0n) is 16.3. The molecule has 1 aromatic carbocycles. The molecule has 146 valence electrons. The summed E-state index contributed by atoms with van der Waals surface area (Å²) < 4.78 is 11.3. The van der Waals surface area contributed by atoms with Gasteiger partial charge in [0.15, 0.2) is 0 Å². The summed E-state index contributed by atoms with van der Waals surface area (Å²) in [6, 6.07) is 6.29. The first kappa shape index (κ1) is 17.6. The van der Waals surface area contributed by atoms with Crippen LogP contribution in [0.5, 0.6) is 11.5 Å². The summed E-state index contributed by atoms with van der Waals surface area (Å²) >= 11 is 0. The van der Waals surface area contributed by atoms with Crippen LogP contribution in [0.4, 0.5) is 0 Å². The number of nitrogens with one attached hydrogen (secondary N) is 1. The largest absolute Gasteiger partial charge is 0.497 e. The molecular formula is C22H26N4O2. The normalized spacial score (nSPS) is 21.5. The number of ether oxygens (including phenoxy) is 2. The molecule has 5 rings (SSSR count). The molecule has 1 fully saturated rings. The van der Waals surface area contributed by atoms with Gasteiger partial charge in [-0.3, -0.25) is 4.90 Å². The van der Waals surface area contributed by atoms with E-state index in [0.29, 0.717) is 12.6 Å². The summed E-state index contributed by atoms with van der Waals surface area (Å²) in [5, 5.41) is 3.49. The summed E-state index contributed by atoms with van der Waals surface area (Å²) in [6.07, 6.45) is 7.62. The number of methoxy groups -OCH3 is 1. The van der Waals surface area contributed by atoms with Crippen molar-refractivity contribution in [1.82, 2.24) is 20.2 Å². The molecule has 28 heavy (non-hydrogen) atoms. The fourth-order valence-electron chi connectivity index (χ4n) is 4.31. The number of nitrogens with zero attached hydrogens (tertiary/aromatic N) is 3. The Morgan fingerprint density at radius 2 is 2.32 bits per heavy atom. The smallest absolute Gasteiger partial charge is 0.145 e. The minimum absolute atomic E-state index is 0.338. The van der Waals surface area contributed by atoms with E-state index in [1.807, 2.05) is 24.4 Å². The third-order valence-electron chi connectivity index (χ3n) is 5.82. The Morgan fingerprint density at radius 1 is 1.36 bits per heavy atom. The predicted octanol–water partition coefficient (Wildman–Crippen LogP) is 2.74. The molecule has 0 radical (unpaired) electrons. The second kappa shape index (κ2) is 7.53. The van der Waals surface area contributed by atoms with Gasteiger partial charge in [0.05, 0.1) is 13.2 Å². The molecule has 1 unspecified atom stereocenters. The lowest BCUT2D eigenvalue weighted by molar-refractivity contribution is 0.254. The van der Waals surface area contributed by atoms with Gasteiger partial charge in [0.25, 0.3) is 0 Å². The van der Waals surface area contributed by atoms with E-state index >= 15 is 0 Å². The Bertz CT molecular complexity index is 905. The van der Waals surface area contributed by atoms with Crippen molar-refractivity contribution in [2.24, 2.45) is 0 Å². The summed E-state index contributed by atoms with van der Waals surface area (Å²) in [6.45, 7) is 4.54. The highest BCUT2D eigenvalue weighted by molar-refractivity contribution is 5.64. The molecule has 3 aliphatic rings. The molecule has 1 saturated heterocycles. The number of hydrogen-bond donors (Lipinski definition) is 1. The highest BCUT2D eigenvalue weighted by Crippen LogP contribution is 2.31. The fourth-order valence-corrected chi connectivity index (χ4v) is 4.31. The second-order valence-corrected chi connectivity index (χ2v) is 7.80. The van der Waals surface area contributed by atoms with Crippen molar-refractivity contribution in [1.29, 1.82) is 0 Å². The zero-order chi connectivity index (χ0) is 18.9. The Balaban J connectivity index is 1.28. The van der Waals surface area contributed by atoms with E-state index in [1.165, 1.54) is 23.3 Å². The molecule has 0 aliphatic carbocycles. The summed E-state index contributed by atoms with van der Waals surface area (Å²) in [5.41, 5.74) is 4.86. The molecule has 1 N–H and O–H groups in total. The summed E-state index contributed by atoms with van der Waals surface area (Å²) in [7, 11) is 1.69. The van der Waals surface area contributed by atoms with Crippen LogP contribution in [-0.4, -0.2) is 48.2 Å². The van der Waals surface area contributed by atoms with Gasteiger partial charge in [-0.15, -0.1) is 0 Å². The van der Waals surface area contributed by atoms with Crippen molar-refractivity contribution in [3.05, 3.63) is 52.6 Å². The van der Waals surface area contributed by atoms with Crippen molar-refractivity contribution >= 4 is 6.08 Å². The lowest BCUT2D eigenvalue weighted by Crippen LogP contribution is -2.34. The topological polar surface area (TPSA) is 59.5 Å². The Morgan fingerprint density at radius 3 is 3.18 bits per heavy atom. The molecule has 2 aromatic rings. The van der Waals surface area contributed by atoms with Gasteiger partial charge in [0.1, 0.15) is 23.9 Å². The van der Waals surface area contributed by atoms with Gasteiger partial charge in [-0.2, -0.15) is 0 Å². The average Bonchev–Trinajstić information content (AvgIpc) is 3.28. The van der Waals surface area contributed by atoms with Crippen LogP contribution in [0, 0.1) is 0 Å². The quantitative estimate of drug-likeness (QED) is 0.883. The Hall–Kier alpha value is -2.44. The minimum Gasteiger partial charge on any atom is -0.497 e. The first-order valence-corrected chi connectivity index (χ1v) is 10.1. The average molecular weight is 378 g/mol. The number of rotatable bonds is 4. The highest BCUT2D eigenvalue weighted by atomic mass is 16.5. The Labute approximate surface area is 165 Å². The molecule has 0 amide bonds. The van der Waals surface area contributed by atoms with E-state index in [2.05, 4.69) is 21.3 Å². The molecule has 0 saturated carbocycles. The SMILES string of the molecule is COc1ccc2c(c1)C=C(CN1CCc3nc(C4CCCN4)ncc3C1)CO2. The van der Waals surface area contributed by atoms with Gasteiger partial charge < -0.3 is 14.8 Å². The van der Waals surface area contributed by atoms with Crippen LogP contribution < -0.4 is 14.8 Å². The maximum atomic E-state index is 5.94. The van der Waals surface area contributed by atoms with Gasteiger partial charge in [0.2, 0.25) is 0 Å². The van der Waals surface area contributed by atoms with E-state index < -0.39 is 0 Å². The van der Waals surface area contributed by atoms with Gasteiger partial charge >= 0.3 is 0 Å². The fraction of sp³-hybridized carbons (Fsp3) is 0.455. The molecule has 6 heteroatoms. The molecule has 3 aliphatic heterocycles.